The van der Waals surface area contributed by atoms with Crippen LogP contribution in [0.1, 0.15) is 0 Å². The number of anilines is 1. The maximum Gasteiger partial charge on any atom is 0.269 e. The average molecular weight is 314 g/mol. The molecule has 0 saturated heterocycles. The maximum absolute atomic E-state index is 12.0. The molecule has 20 heavy (non-hydrogen) atoms. The van der Waals surface area contributed by atoms with Crippen LogP contribution in [0.3, 0.4) is 0 Å². The number of sulfonamides is 1. The van der Waals surface area contributed by atoms with Crippen molar-refractivity contribution in [2.75, 3.05) is 4.72 Å². The lowest BCUT2D eigenvalue weighted by Gasteiger charge is -2.07. The molecule has 7 nitrogen and oxygen atoms in total. The first-order chi connectivity index (χ1) is 9.38. The van der Waals surface area contributed by atoms with Gasteiger partial charge in [-0.2, -0.15) is 0 Å². The van der Waals surface area contributed by atoms with E-state index in [4.69, 9.17) is 11.6 Å². The second-order valence-electron chi connectivity index (χ2n) is 3.73. The number of nitro groups is 1. The smallest absolute Gasteiger partial charge is 0.269 e. The summed E-state index contributed by atoms with van der Waals surface area (Å²) >= 11 is 5.58. The molecule has 0 atom stereocenters. The number of nitrogens with one attached hydrogen (secondary N) is 1. The fourth-order valence-corrected chi connectivity index (χ4v) is 2.50. The Balaban J connectivity index is 2.24. The second kappa shape index (κ2) is 5.43. The predicted octanol–water partition coefficient (Wildman–Crippen LogP) is 2.44. The van der Waals surface area contributed by atoms with Crippen molar-refractivity contribution in [1.82, 2.24) is 4.98 Å². The summed E-state index contributed by atoms with van der Waals surface area (Å²) < 4.78 is 26.3. The van der Waals surface area contributed by atoms with Crippen LogP contribution in [0.25, 0.3) is 0 Å². The van der Waals surface area contributed by atoms with Gasteiger partial charge >= 0.3 is 0 Å². The Bertz CT molecular complexity index is 729. The summed E-state index contributed by atoms with van der Waals surface area (Å²) in [4.78, 5) is 13.6. The number of rotatable bonds is 4. The van der Waals surface area contributed by atoms with E-state index in [1.807, 2.05) is 0 Å². The van der Waals surface area contributed by atoms with Crippen LogP contribution >= 0.6 is 11.6 Å². The normalized spacial score (nSPS) is 11.1. The number of non-ortho nitro benzene ring substituents is 1. The van der Waals surface area contributed by atoms with Crippen molar-refractivity contribution < 1.29 is 13.3 Å². The number of benzene rings is 1. The largest absolute Gasteiger partial charge is 0.280 e. The fraction of sp³-hybridized carbons (Fsp3) is 0. The van der Waals surface area contributed by atoms with Crippen LogP contribution in [0.2, 0.25) is 5.15 Å². The van der Waals surface area contributed by atoms with Crippen LogP contribution < -0.4 is 4.72 Å². The lowest BCUT2D eigenvalue weighted by atomic mass is 10.3. The molecule has 0 unspecified atom stereocenters. The van der Waals surface area contributed by atoms with Gasteiger partial charge in [-0.3, -0.25) is 14.8 Å². The Morgan fingerprint density at radius 3 is 2.30 bits per heavy atom. The first-order valence-electron chi connectivity index (χ1n) is 5.27. The van der Waals surface area contributed by atoms with E-state index in [2.05, 4.69) is 9.71 Å². The van der Waals surface area contributed by atoms with E-state index < -0.39 is 14.9 Å². The highest BCUT2D eigenvalue weighted by molar-refractivity contribution is 7.92. The first-order valence-corrected chi connectivity index (χ1v) is 7.13. The van der Waals surface area contributed by atoms with E-state index in [0.29, 0.717) is 0 Å². The lowest BCUT2D eigenvalue weighted by Crippen LogP contribution is -2.13. The minimum absolute atomic E-state index is 0.0553. The Hall–Kier alpha value is -2.19. The molecule has 0 spiro atoms. The molecule has 1 heterocycles. The fourth-order valence-electron chi connectivity index (χ4n) is 1.39. The van der Waals surface area contributed by atoms with Gasteiger partial charge in [0.2, 0.25) is 0 Å². The zero-order valence-electron chi connectivity index (χ0n) is 9.86. The Labute approximate surface area is 119 Å². The van der Waals surface area contributed by atoms with Gasteiger partial charge in [-0.1, -0.05) is 11.6 Å². The summed E-state index contributed by atoms with van der Waals surface area (Å²) in [7, 11) is -3.80. The van der Waals surface area contributed by atoms with Crippen molar-refractivity contribution in [3.8, 4) is 0 Å². The quantitative estimate of drug-likeness (QED) is 0.530. The van der Waals surface area contributed by atoms with Gasteiger partial charge < -0.3 is 0 Å². The maximum atomic E-state index is 12.0. The molecule has 0 bridgehead atoms. The topological polar surface area (TPSA) is 102 Å². The van der Waals surface area contributed by atoms with Gasteiger partial charge in [-0.05, 0) is 24.3 Å². The van der Waals surface area contributed by atoms with E-state index >= 15 is 0 Å². The molecule has 9 heteroatoms. The minimum Gasteiger partial charge on any atom is -0.280 e. The first kappa shape index (κ1) is 14.2. The SMILES string of the molecule is O=[N+]([O-])c1ccc(NS(=O)(=O)c2ccc(Cl)nc2)cc1. The van der Waals surface area contributed by atoms with E-state index in [1.165, 1.54) is 36.4 Å². The number of pyridine rings is 1. The molecule has 0 aliphatic heterocycles. The highest BCUT2D eigenvalue weighted by Crippen LogP contribution is 2.19. The molecular weight excluding hydrogens is 306 g/mol. The zero-order valence-corrected chi connectivity index (χ0v) is 11.4. The zero-order chi connectivity index (χ0) is 14.8. The van der Waals surface area contributed by atoms with Gasteiger partial charge in [0, 0.05) is 24.0 Å². The Morgan fingerprint density at radius 2 is 1.80 bits per heavy atom. The molecule has 2 aromatic rings. The second-order valence-corrected chi connectivity index (χ2v) is 5.80. The van der Waals surface area contributed by atoms with Crippen molar-refractivity contribution in [1.29, 1.82) is 0 Å². The average Bonchev–Trinajstić information content (AvgIpc) is 2.39. The van der Waals surface area contributed by atoms with Crippen LogP contribution in [0.5, 0.6) is 0 Å². The van der Waals surface area contributed by atoms with E-state index in [9.17, 15) is 18.5 Å². The van der Waals surface area contributed by atoms with Crippen molar-refractivity contribution in [3.63, 3.8) is 0 Å². The number of hydrogen-bond donors (Lipinski definition) is 1. The van der Waals surface area contributed by atoms with Crippen LogP contribution in [0.4, 0.5) is 11.4 Å². The Morgan fingerprint density at radius 1 is 1.15 bits per heavy atom. The van der Waals surface area contributed by atoms with Crippen molar-refractivity contribution in [2.24, 2.45) is 0 Å². The molecule has 0 amide bonds. The van der Waals surface area contributed by atoms with E-state index in [1.54, 1.807) is 0 Å². The number of halogens is 1. The molecule has 0 fully saturated rings. The van der Waals surface area contributed by atoms with Gasteiger partial charge in [-0.15, -0.1) is 0 Å². The van der Waals surface area contributed by atoms with Crippen molar-refractivity contribution in [3.05, 3.63) is 57.9 Å². The van der Waals surface area contributed by atoms with Crippen molar-refractivity contribution >= 4 is 33.0 Å². The number of nitrogens with zero attached hydrogens (tertiary/aromatic N) is 2. The standard InChI is InChI=1S/C11H8ClN3O4S/c12-11-6-5-10(7-13-11)20(18,19)14-8-1-3-9(4-2-8)15(16)17/h1-7,14H. The highest BCUT2D eigenvalue weighted by atomic mass is 35.5. The molecule has 0 aliphatic rings. The van der Waals surface area contributed by atoms with Gasteiger partial charge in [0.15, 0.2) is 0 Å². The summed E-state index contributed by atoms with van der Waals surface area (Å²) in [6, 6.07) is 7.68. The molecular formula is C11H8ClN3O4S. The molecule has 0 saturated carbocycles. The third-order valence-corrected chi connectivity index (χ3v) is 3.93. The molecule has 1 aromatic heterocycles. The third kappa shape index (κ3) is 3.22. The monoisotopic (exact) mass is 313 g/mol. The van der Waals surface area contributed by atoms with Crippen LogP contribution in [0.15, 0.2) is 47.5 Å². The number of hydrogen-bond acceptors (Lipinski definition) is 5. The molecule has 0 aliphatic carbocycles. The van der Waals surface area contributed by atoms with Crippen LogP contribution in [-0.4, -0.2) is 18.3 Å². The number of nitro benzene ring substituents is 1. The lowest BCUT2D eigenvalue weighted by molar-refractivity contribution is -0.384. The summed E-state index contributed by atoms with van der Waals surface area (Å²) in [6.45, 7) is 0. The van der Waals surface area contributed by atoms with Gasteiger partial charge in [0.25, 0.3) is 15.7 Å². The van der Waals surface area contributed by atoms with Crippen LogP contribution in [-0.2, 0) is 10.0 Å². The summed E-state index contributed by atoms with van der Waals surface area (Å²) in [5, 5.41) is 10.7. The minimum atomic E-state index is -3.80. The van der Waals surface area contributed by atoms with Crippen LogP contribution in [0, 0.1) is 10.1 Å². The molecule has 1 aromatic carbocycles. The number of aromatic nitrogens is 1. The predicted molar refractivity (Wildman–Crippen MR) is 73.2 cm³/mol. The highest BCUT2D eigenvalue weighted by Gasteiger charge is 2.15. The van der Waals surface area contributed by atoms with Gasteiger partial charge in [0.1, 0.15) is 10.0 Å². The summed E-state index contributed by atoms with van der Waals surface area (Å²) in [5.74, 6) is 0. The Kier molecular flexibility index (Phi) is 3.86. The van der Waals surface area contributed by atoms with E-state index in [-0.39, 0.29) is 21.4 Å². The molecule has 0 radical (unpaired) electrons. The molecule has 2 rings (SSSR count). The van der Waals surface area contributed by atoms with Crippen molar-refractivity contribution in [2.45, 2.75) is 4.90 Å². The van der Waals surface area contributed by atoms with E-state index in [0.717, 1.165) is 6.20 Å². The molecule has 104 valence electrons. The van der Waals surface area contributed by atoms with Gasteiger partial charge in [-0.25, -0.2) is 13.4 Å². The third-order valence-electron chi connectivity index (χ3n) is 2.34. The summed E-state index contributed by atoms with van der Waals surface area (Å²) in [6.07, 6.45) is 1.12. The van der Waals surface area contributed by atoms with Gasteiger partial charge in [0.05, 0.1) is 4.92 Å². The molecule has 1 N–H and O–H groups in total. The summed E-state index contributed by atoms with van der Waals surface area (Å²) in [5.41, 5.74) is 0.0895.